The lowest BCUT2D eigenvalue weighted by Crippen LogP contribution is -2.60. The minimum Gasteiger partial charge on any atom is -0.396 e. The molecule has 1 aliphatic heterocycles. The van der Waals surface area contributed by atoms with Crippen LogP contribution in [-0.4, -0.2) is 88.3 Å². The summed E-state index contributed by atoms with van der Waals surface area (Å²) in [6.07, 6.45) is -7.41. The highest BCUT2D eigenvalue weighted by molar-refractivity contribution is 4.95. The van der Waals surface area contributed by atoms with Gasteiger partial charge in [0.05, 0.1) is 24.4 Å². The molecular formula is C15H28O8. The molecule has 0 amide bonds. The van der Waals surface area contributed by atoms with Gasteiger partial charge in [0.2, 0.25) is 0 Å². The fourth-order valence-electron chi connectivity index (χ4n) is 3.28. The molecule has 8 nitrogen and oxygen atoms in total. The van der Waals surface area contributed by atoms with E-state index in [0.29, 0.717) is 0 Å². The predicted molar refractivity (Wildman–Crippen MR) is 78.4 cm³/mol. The number of methoxy groups -OCH3 is 1. The molecule has 1 aliphatic carbocycles. The molecule has 2 rings (SSSR count). The van der Waals surface area contributed by atoms with Crippen molar-refractivity contribution in [1.82, 2.24) is 0 Å². The second-order valence-corrected chi connectivity index (χ2v) is 6.58. The third-order valence-electron chi connectivity index (χ3n) is 5.13. The van der Waals surface area contributed by atoms with Gasteiger partial charge in [-0.25, -0.2) is 0 Å². The van der Waals surface area contributed by atoms with Crippen LogP contribution in [0.1, 0.15) is 20.3 Å². The van der Waals surface area contributed by atoms with Crippen LogP contribution in [0.2, 0.25) is 0 Å². The van der Waals surface area contributed by atoms with Gasteiger partial charge in [0.15, 0.2) is 6.29 Å². The Bertz CT molecular complexity index is 376. The Kier molecular flexibility index (Phi) is 6.37. The topological polar surface area (TPSA) is 129 Å². The van der Waals surface area contributed by atoms with Crippen molar-refractivity contribution in [3.05, 3.63) is 0 Å². The molecule has 5 N–H and O–H groups in total. The SMILES string of the molecule is COC1OC(C)C(C)C(O)C1OC1CC(CO)C(O)C(O)C1O. The Balaban J connectivity index is 2.11. The summed E-state index contributed by atoms with van der Waals surface area (Å²) in [6.45, 7) is 3.31. The van der Waals surface area contributed by atoms with Crippen LogP contribution in [0.25, 0.3) is 0 Å². The fraction of sp³-hybridized carbons (Fsp3) is 1.00. The molecule has 23 heavy (non-hydrogen) atoms. The van der Waals surface area contributed by atoms with Crippen LogP contribution in [-0.2, 0) is 14.2 Å². The maximum Gasteiger partial charge on any atom is 0.186 e. The molecule has 1 heterocycles. The Morgan fingerprint density at radius 1 is 1.00 bits per heavy atom. The number of aliphatic hydroxyl groups is 5. The highest BCUT2D eigenvalue weighted by Gasteiger charge is 2.48. The number of ether oxygens (including phenoxy) is 3. The molecule has 10 atom stereocenters. The number of rotatable bonds is 4. The molecule has 1 saturated heterocycles. The molecular weight excluding hydrogens is 308 g/mol. The first-order valence-electron chi connectivity index (χ1n) is 7.98. The van der Waals surface area contributed by atoms with Crippen molar-refractivity contribution >= 4 is 0 Å². The quantitative estimate of drug-likeness (QED) is 0.408. The largest absolute Gasteiger partial charge is 0.396 e. The third-order valence-corrected chi connectivity index (χ3v) is 5.13. The van der Waals surface area contributed by atoms with Crippen LogP contribution in [0.5, 0.6) is 0 Å². The van der Waals surface area contributed by atoms with E-state index in [4.69, 9.17) is 14.2 Å². The van der Waals surface area contributed by atoms with E-state index < -0.39 is 48.8 Å². The van der Waals surface area contributed by atoms with Crippen LogP contribution in [0, 0.1) is 11.8 Å². The zero-order valence-electron chi connectivity index (χ0n) is 13.6. The lowest BCUT2D eigenvalue weighted by atomic mass is 9.81. The second-order valence-electron chi connectivity index (χ2n) is 6.58. The second kappa shape index (κ2) is 7.71. The van der Waals surface area contributed by atoms with Crippen molar-refractivity contribution in [2.75, 3.05) is 13.7 Å². The minimum atomic E-state index is -1.43. The molecule has 1 saturated carbocycles. The van der Waals surface area contributed by atoms with Crippen LogP contribution >= 0.6 is 0 Å². The fourth-order valence-corrected chi connectivity index (χ4v) is 3.28. The van der Waals surface area contributed by atoms with Gasteiger partial charge in [0, 0.05) is 25.6 Å². The molecule has 2 fully saturated rings. The molecule has 0 spiro atoms. The first kappa shape index (κ1) is 19.0. The van der Waals surface area contributed by atoms with Crippen molar-refractivity contribution in [3.8, 4) is 0 Å². The van der Waals surface area contributed by atoms with Gasteiger partial charge >= 0.3 is 0 Å². The first-order chi connectivity index (χ1) is 10.8. The summed E-state index contributed by atoms with van der Waals surface area (Å²) in [6, 6.07) is 0. The van der Waals surface area contributed by atoms with Gasteiger partial charge in [-0.05, 0) is 13.3 Å². The number of aliphatic hydroxyl groups excluding tert-OH is 5. The van der Waals surface area contributed by atoms with Crippen molar-refractivity contribution in [2.45, 2.75) is 69.3 Å². The van der Waals surface area contributed by atoms with Gasteiger partial charge in [-0.1, -0.05) is 6.92 Å². The summed E-state index contributed by atoms with van der Waals surface area (Å²) < 4.78 is 16.7. The van der Waals surface area contributed by atoms with Gasteiger partial charge in [-0.3, -0.25) is 0 Å². The van der Waals surface area contributed by atoms with Crippen LogP contribution in [0.3, 0.4) is 0 Å². The zero-order chi connectivity index (χ0) is 17.3. The average molecular weight is 336 g/mol. The maximum absolute atomic E-state index is 10.4. The molecule has 10 unspecified atom stereocenters. The molecule has 8 heteroatoms. The van der Waals surface area contributed by atoms with Crippen molar-refractivity contribution < 1.29 is 39.7 Å². The van der Waals surface area contributed by atoms with Gasteiger partial charge in [0.1, 0.15) is 18.3 Å². The number of hydrogen-bond acceptors (Lipinski definition) is 8. The van der Waals surface area contributed by atoms with Gasteiger partial charge < -0.3 is 39.7 Å². The van der Waals surface area contributed by atoms with Crippen LogP contribution < -0.4 is 0 Å². The smallest absolute Gasteiger partial charge is 0.186 e. The normalized spacial score (nSPS) is 51.7. The van der Waals surface area contributed by atoms with E-state index in [2.05, 4.69) is 0 Å². The Morgan fingerprint density at radius 3 is 2.22 bits per heavy atom. The molecule has 0 aromatic rings. The zero-order valence-corrected chi connectivity index (χ0v) is 13.6. The lowest BCUT2D eigenvalue weighted by molar-refractivity contribution is -0.305. The van der Waals surface area contributed by atoms with Crippen LogP contribution in [0.4, 0.5) is 0 Å². The third kappa shape index (κ3) is 3.69. The van der Waals surface area contributed by atoms with E-state index in [0.717, 1.165) is 0 Å². The summed E-state index contributed by atoms with van der Waals surface area (Å²) in [5.74, 6) is -0.811. The number of hydrogen-bond donors (Lipinski definition) is 5. The van der Waals surface area contributed by atoms with Gasteiger partial charge in [0.25, 0.3) is 0 Å². The summed E-state index contributed by atoms with van der Waals surface area (Å²) in [7, 11) is 1.43. The maximum atomic E-state index is 10.4. The predicted octanol–water partition coefficient (Wildman–Crippen LogP) is -1.78. The summed E-state index contributed by atoms with van der Waals surface area (Å²) in [4.78, 5) is 0. The highest BCUT2D eigenvalue weighted by atomic mass is 16.7. The van der Waals surface area contributed by atoms with E-state index in [9.17, 15) is 25.5 Å². The molecule has 0 radical (unpaired) electrons. The summed E-state index contributed by atoms with van der Waals surface area (Å²) in [5, 5.41) is 49.6. The Labute approximate surface area is 135 Å². The molecule has 2 aliphatic rings. The Hall–Kier alpha value is -0.320. The van der Waals surface area contributed by atoms with Crippen molar-refractivity contribution in [1.29, 1.82) is 0 Å². The average Bonchev–Trinajstić information content (AvgIpc) is 2.55. The highest BCUT2D eigenvalue weighted by Crippen LogP contribution is 2.33. The molecule has 0 aromatic heterocycles. The standard InChI is InChI=1S/C15H28O8/c1-6-7(2)22-15(21-3)14(10(6)17)23-9-4-8(5-16)11(18)13(20)12(9)19/h6-20H,4-5H2,1-3H3. The first-order valence-corrected chi connectivity index (χ1v) is 7.98. The van der Waals surface area contributed by atoms with Crippen molar-refractivity contribution in [3.63, 3.8) is 0 Å². The van der Waals surface area contributed by atoms with Gasteiger partial charge in [-0.15, -0.1) is 0 Å². The summed E-state index contributed by atoms with van der Waals surface area (Å²) >= 11 is 0. The van der Waals surface area contributed by atoms with E-state index in [-0.39, 0.29) is 25.0 Å². The lowest BCUT2D eigenvalue weighted by Gasteiger charge is -2.46. The van der Waals surface area contributed by atoms with E-state index >= 15 is 0 Å². The minimum absolute atomic E-state index is 0.152. The Morgan fingerprint density at radius 2 is 1.65 bits per heavy atom. The molecule has 0 bridgehead atoms. The van der Waals surface area contributed by atoms with Crippen LogP contribution in [0.15, 0.2) is 0 Å². The van der Waals surface area contributed by atoms with E-state index in [1.807, 2.05) is 13.8 Å². The summed E-state index contributed by atoms with van der Waals surface area (Å²) in [5.41, 5.74) is 0. The van der Waals surface area contributed by atoms with E-state index in [1.54, 1.807) is 0 Å². The van der Waals surface area contributed by atoms with Gasteiger partial charge in [-0.2, -0.15) is 0 Å². The molecule has 0 aromatic carbocycles. The monoisotopic (exact) mass is 336 g/mol. The molecule has 136 valence electrons. The van der Waals surface area contributed by atoms with E-state index in [1.165, 1.54) is 7.11 Å². The van der Waals surface area contributed by atoms with Crippen molar-refractivity contribution in [2.24, 2.45) is 11.8 Å².